The zero-order valence-corrected chi connectivity index (χ0v) is 21.8. The number of esters is 2. The average Bonchev–Trinajstić information content (AvgIpc) is 3.46. The smallest absolute Gasteiger partial charge is 0.356 e. The number of rotatable bonds is 11. The Balaban J connectivity index is 1.42. The maximum Gasteiger partial charge on any atom is 0.356 e. The van der Waals surface area contributed by atoms with Crippen molar-refractivity contribution < 1.29 is 42.9 Å². The van der Waals surface area contributed by atoms with Gasteiger partial charge in [-0.2, -0.15) is 0 Å². The van der Waals surface area contributed by atoms with Crippen LogP contribution in [-0.2, 0) is 32.0 Å². The van der Waals surface area contributed by atoms with E-state index in [1.165, 1.54) is 12.1 Å². The highest BCUT2D eigenvalue weighted by Gasteiger charge is 2.23. The summed E-state index contributed by atoms with van der Waals surface area (Å²) < 4.78 is 25.5. The summed E-state index contributed by atoms with van der Waals surface area (Å²) in [5.74, 6) is -1.37. The van der Waals surface area contributed by atoms with Crippen LogP contribution < -0.4 is 24.8 Å². The number of benzene rings is 2. The molecule has 0 saturated heterocycles. The minimum absolute atomic E-state index is 0.0119. The van der Waals surface area contributed by atoms with Crippen molar-refractivity contribution >= 4 is 23.8 Å². The normalized spacial score (nSPS) is 12.2. The second-order valence-corrected chi connectivity index (χ2v) is 8.56. The molecule has 0 saturated carbocycles. The number of nitrogens with one attached hydrogen (secondary N) is 2. The summed E-state index contributed by atoms with van der Waals surface area (Å²) in [7, 11) is 2.32. The van der Waals surface area contributed by atoms with E-state index in [4.69, 9.17) is 14.2 Å². The minimum Gasteiger partial charge on any atom is -0.484 e. The summed E-state index contributed by atoms with van der Waals surface area (Å²) in [5.41, 5.74) is 1.23. The number of hydrogen-bond acceptors (Lipinski definition) is 10. The molecule has 12 nitrogen and oxygen atoms in total. The lowest BCUT2D eigenvalue weighted by Gasteiger charge is -2.19. The molecule has 0 fully saturated rings. The molecule has 3 aromatic rings. The van der Waals surface area contributed by atoms with Crippen LogP contribution in [0, 0.1) is 0 Å². The van der Waals surface area contributed by atoms with Crippen molar-refractivity contribution in [1.29, 1.82) is 0 Å². The maximum absolute atomic E-state index is 13.1. The number of hydrogen-bond donors (Lipinski definition) is 2. The molecule has 12 heteroatoms. The summed E-state index contributed by atoms with van der Waals surface area (Å²) in [6, 6.07) is 16.1. The second kappa shape index (κ2) is 13.1. The number of methoxy groups -OCH3 is 2. The van der Waals surface area contributed by atoms with Gasteiger partial charge in [0.05, 0.1) is 14.2 Å². The largest absolute Gasteiger partial charge is 0.484 e. The van der Waals surface area contributed by atoms with E-state index in [-0.39, 0.29) is 36.9 Å². The lowest BCUT2D eigenvalue weighted by atomic mass is 10.0. The van der Waals surface area contributed by atoms with E-state index >= 15 is 0 Å². The molecule has 1 atom stereocenters. The molecule has 2 heterocycles. The van der Waals surface area contributed by atoms with Gasteiger partial charge in [-0.25, -0.2) is 14.6 Å². The molecule has 0 spiro atoms. The Morgan fingerprint density at radius 1 is 0.875 bits per heavy atom. The van der Waals surface area contributed by atoms with Crippen molar-refractivity contribution in [2.75, 3.05) is 27.6 Å². The third kappa shape index (κ3) is 7.25. The van der Waals surface area contributed by atoms with Gasteiger partial charge in [0.25, 0.3) is 5.91 Å². The highest BCUT2D eigenvalue weighted by atomic mass is 16.7. The highest BCUT2D eigenvalue weighted by Crippen LogP contribution is 2.32. The summed E-state index contributed by atoms with van der Waals surface area (Å²) >= 11 is 0. The molecule has 0 radical (unpaired) electrons. The van der Waals surface area contributed by atoms with Crippen molar-refractivity contribution in [1.82, 2.24) is 15.6 Å². The zero-order valence-electron chi connectivity index (χ0n) is 21.8. The number of pyridine rings is 1. The molecule has 40 heavy (non-hydrogen) atoms. The molecule has 1 aromatic heterocycles. The van der Waals surface area contributed by atoms with Crippen molar-refractivity contribution in [3.05, 3.63) is 83.2 Å². The van der Waals surface area contributed by atoms with Crippen LogP contribution in [0.4, 0.5) is 0 Å². The van der Waals surface area contributed by atoms with E-state index in [0.29, 0.717) is 11.5 Å². The van der Waals surface area contributed by atoms with Crippen LogP contribution in [0.5, 0.6) is 17.2 Å². The molecular formula is C28H27N3O9. The van der Waals surface area contributed by atoms with Crippen LogP contribution in [0.15, 0.2) is 60.7 Å². The van der Waals surface area contributed by atoms with Crippen LogP contribution in [0.25, 0.3) is 0 Å². The lowest BCUT2D eigenvalue weighted by molar-refractivity contribution is -0.130. The fourth-order valence-corrected chi connectivity index (χ4v) is 3.81. The second-order valence-electron chi connectivity index (χ2n) is 8.56. The fourth-order valence-electron chi connectivity index (χ4n) is 3.81. The third-order valence-electron chi connectivity index (χ3n) is 5.80. The van der Waals surface area contributed by atoms with E-state index in [0.717, 1.165) is 25.3 Å². The van der Waals surface area contributed by atoms with Gasteiger partial charge >= 0.3 is 11.9 Å². The summed E-state index contributed by atoms with van der Waals surface area (Å²) in [5, 5.41) is 5.53. The van der Waals surface area contributed by atoms with Crippen LogP contribution >= 0.6 is 0 Å². The Labute approximate surface area is 229 Å². The average molecular weight is 550 g/mol. The molecule has 208 valence electrons. The first-order chi connectivity index (χ1) is 19.4. The van der Waals surface area contributed by atoms with Crippen molar-refractivity contribution in [2.24, 2.45) is 0 Å². The van der Waals surface area contributed by atoms with Gasteiger partial charge < -0.3 is 34.3 Å². The quantitative estimate of drug-likeness (QED) is 0.339. The number of carbonyl (C=O) groups is 4. The Hall–Kier alpha value is -5.13. The predicted octanol–water partition coefficient (Wildman–Crippen LogP) is 1.81. The Bertz CT molecular complexity index is 1360. The number of fused-ring (bicyclic) bond motifs is 1. The van der Waals surface area contributed by atoms with Crippen LogP contribution in [0.2, 0.25) is 0 Å². The van der Waals surface area contributed by atoms with E-state index < -0.39 is 36.4 Å². The number of aromatic nitrogens is 1. The van der Waals surface area contributed by atoms with E-state index in [1.807, 2.05) is 36.4 Å². The van der Waals surface area contributed by atoms with Gasteiger partial charge in [-0.05, 0) is 23.3 Å². The van der Waals surface area contributed by atoms with Gasteiger partial charge in [0.2, 0.25) is 12.7 Å². The number of nitrogens with zero attached hydrogens (tertiary/aromatic N) is 1. The van der Waals surface area contributed by atoms with Gasteiger partial charge in [-0.1, -0.05) is 36.4 Å². The van der Waals surface area contributed by atoms with E-state index in [1.54, 1.807) is 12.1 Å². The number of ether oxygens (including phenoxy) is 5. The van der Waals surface area contributed by atoms with Gasteiger partial charge in [0.15, 0.2) is 29.5 Å². The van der Waals surface area contributed by atoms with E-state index in [2.05, 4.69) is 25.1 Å². The first kappa shape index (κ1) is 27.9. The van der Waals surface area contributed by atoms with Crippen LogP contribution in [0.3, 0.4) is 0 Å². The fraction of sp³-hybridized carbons (Fsp3) is 0.250. The molecule has 0 bridgehead atoms. The van der Waals surface area contributed by atoms with Gasteiger partial charge in [0, 0.05) is 25.1 Å². The standard InChI is InChI=1S/C28H27N3O9/c1-36-27(34)21-12-19(13-22(30-21)28(35)37-2)38-15-25(32)31-20(10-17-6-4-3-5-7-17)26(33)29-14-18-8-9-23-24(11-18)40-16-39-23/h3-9,11-13,20H,10,14-16H2,1-2H3,(H,29,33)(H,31,32)/t20-/m0/s1. The van der Waals surface area contributed by atoms with Crippen LogP contribution in [0.1, 0.15) is 32.1 Å². The molecule has 2 N–H and O–H groups in total. The molecular weight excluding hydrogens is 522 g/mol. The van der Waals surface area contributed by atoms with Crippen molar-refractivity contribution in [3.63, 3.8) is 0 Å². The highest BCUT2D eigenvalue weighted by molar-refractivity contribution is 5.92. The minimum atomic E-state index is -0.916. The predicted molar refractivity (Wildman–Crippen MR) is 139 cm³/mol. The Morgan fingerprint density at radius 2 is 1.55 bits per heavy atom. The number of amides is 2. The van der Waals surface area contributed by atoms with Gasteiger partial charge in [0.1, 0.15) is 11.8 Å². The van der Waals surface area contributed by atoms with Gasteiger partial charge in [-0.3, -0.25) is 9.59 Å². The maximum atomic E-state index is 13.1. The van der Waals surface area contributed by atoms with Crippen molar-refractivity contribution in [2.45, 2.75) is 19.0 Å². The Kier molecular flexibility index (Phi) is 9.13. The first-order valence-corrected chi connectivity index (χ1v) is 12.2. The number of carbonyl (C=O) groups excluding carboxylic acids is 4. The third-order valence-corrected chi connectivity index (χ3v) is 5.80. The summed E-state index contributed by atoms with van der Waals surface area (Å²) in [6.07, 6.45) is 0.230. The van der Waals surface area contributed by atoms with Crippen molar-refractivity contribution in [3.8, 4) is 17.2 Å². The van der Waals surface area contributed by atoms with Gasteiger partial charge in [-0.15, -0.1) is 0 Å². The first-order valence-electron chi connectivity index (χ1n) is 12.2. The SMILES string of the molecule is COC(=O)c1cc(OCC(=O)N[C@@H](Cc2ccccc2)C(=O)NCc2ccc3c(c2)OCO3)cc(C(=O)OC)n1. The molecule has 1 aliphatic rings. The molecule has 4 rings (SSSR count). The monoisotopic (exact) mass is 549 g/mol. The molecule has 2 amide bonds. The zero-order chi connectivity index (χ0) is 28.5. The van der Waals surface area contributed by atoms with E-state index in [9.17, 15) is 19.2 Å². The summed E-state index contributed by atoms with van der Waals surface area (Å²) in [6.45, 7) is -0.158. The molecule has 0 aliphatic carbocycles. The lowest BCUT2D eigenvalue weighted by Crippen LogP contribution is -2.49. The summed E-state index contributed by atoms with van der Waals surface area (Å²) in [4.78, 5) is 53.8. The van der Waals surface area contributed by atoms with Crippen LogP contribution in [-0.4, -0.2) is 62.4 Å². The topological polar surface area (TPSA) is 151 Å². The Morgan fingerprint density at radius 3 is 2.23 bits per heavy atom. The molecule has 0 unspecified atom stereocenters. The molecule has 2 aromatic carbocycles. The molecule has 1 aliphatic heterocycles.